The molecule has 6 nitrogen and oxygen atoms in total. The highest BCUT2D eigenvalue weighted by Gasteiger charge is 2.20. The Bertz CT molecular complexity index is 711. The van der Waals surface area contributed by atoms with Gasteiger partial charge in [-0.2, -0.15) is 0 Å². The molecule has 0 fully saturated rings. The van der Waals surface area contributed by atoms with Crippen LogP contribution < -0.4 is 9.60 Å². The van der Waals surface area contributed by atoms with Crippen molar-refractivity contribution in [1.29, 1.82) is 0 Å². The van der Waals surface area contributed by atoms with Crippen LogP contribution in [0.25, 0.3) is 0 Å². The zero-order valence-electron chi connectivity index (χ0n) is 9.68. The number of aromatic amines is 1. The van der Waals surface area contributed by atoms with Gasteiger partial charge in [0.2, 0.25) is 0 Å². The van der Waals surface area contributed by atoms with Gasteiger partial charge in [-0.1, -0.05) is 11.3 Å². The number of hydrogen-bond donors (Lipinski definition) is 2. The van der Waals surface area contributed by atoms with E-state index in [4.69, 9.17) is 0 Å². The maximum atomic E-state index is 12.0. The second-order valence-corrected chi connectivity index (χ2v) is 7.86. The fraction of sp³-hybridized carbons (Fsp3) is 0.333. The lowest BCUT2D eigenvalue weighted by molar-refractivity contribution is 0.583. The molecule has 0 radical (unpaired) electrons. The molecule has 98 valence electrons. The minimum atomic E-state index is -3.64. The van der Waals surface area contributed by atoms with Gasteiger partial charge in [-0.3, -0.25) is 4.79 Å². The summed E-state index contributed by atoms with van der Waals surface area (Å²) in [6, 6.07) is 0. The van der Waals surface area contributed by atoms with Crippen LogP contribution in [0.1, 0.15) is 15.6 Å². The first-order valence-corrected chi connectivity index (χ1v) is 8.11. The molecule has 2 heterocycles. The fourth-order valence-corrected chi connectivity index (χ4v) is 4.54. The smallest absolute Gasteiger partial charge is 0.305 e. The van der Waals surface area contributed by atoms with E-state index in [-0.39, 0.29) is 15.6 Å². The zero-order valence-corrected chi connectivity index (χ0v) is 12.1. The minimum Gasteiger partial charge on any atom is -0.315 e. The molecule has 0 aliphatic heterocycles. The lowest BCUT2D eigenvalue weighted by atomic mass is 10.6. The van der Waals surface area contributed by atoms with Gasteiger partial charge in [0.05, 0.1) is 5.01 Å². The summed E-state index contributed by atoms with van der Waals surface area (Å²) in [5, 5.41) is 0.881. The average Bonchev–Trinajstić information content (AvgIpc) is 2.82. The van der Waals surface area contributed by atoms with Crippen molar-refractivity contribution in [2.45, 2.75) is 24.6 Å². The average molecular weight is 305 g/mol. The molecule has 0 unspecified atom stereocenters. The maximum absolute atomic E-state index is 12.0. The van der Waals surface area contributed by atoms with Crippen molar-refractivity contribution in [2.75, 3.05) is 0 Å². The number of aryl methyl sites for hydroxylation is 2. The SMILES string of the molecule is Cc1ncc(CNS(=O)(=O)c2sc(=O)[nH]c2C)s1. The van der Waals surface area contributed by atoms with Crippen molar-refractivity contribution in [1.82, 2.24) is 14.7 Å². The van der Waals surface area contributed by atoms with Crippen molar-refractivity contribution in [3.8, 4) is 0 Å². The third kappa shape index (κ3) is 2.86. The predicted octanol–water partition coefficient (Wildman–Crippen LogP) is 0.988. The largest absolute Gasteiger partial charge is 0.315 e. The molecule has 2 aromatic heterocycles. The van der Waals surface area contributed by atoms with E-state index < -0.39 is 10.0 Å². The van der Waals surface area contributed by atoms with E-state index in [1.807, 2.05) is 6.92 Å². The summed E-state index contributed by atoms with van der Waals surface area (Å²) in [4.78, 5) is 18.0. The number of thiazole rings is 2. The number of H-pyrrole nitrogens is 1. The fourth-order valence-electron chi connectivity index (χ4n) is 1.37. The Balaban J connectivity index is 2.18. The van der Waals surface area contributed by atoms with E-state index >= 15 is 0 Å². The summed E-state index contributed by atoms with van der Waals surface area (Å²) in [6.07, 6.45) is 1.63. The van der Waals surface area contributed by atoms with E-state index in [0.717, 1.165) is 9.88 Å². The molecular weight excluding hydrogens is 294 g/mol. The first-order valence-electron chi connectivity index (χ1n) is 4.99. The molecular formula is C9H11N3O3S3. The van der Waals surface area contributed by atoms with Gasteiger partial charge in [0.25, 0.3) is 10.0 Å². The number of hydrogen-bond acceptors (Lipinski definition) is 6. The van der Waals surface area contributed by atoms with Crippen LogP contribution in [0.15, 0.2) is 15.2 Å². The molecule has 2 N–H and O–H groups in total. The molecule has 0 saturated carbocycles. The Morgan fingerprint density at radius 1 is 1.39 bits per heavy atom. The quantitative estimate of drug-likeness (QED) is 0.881. The molecule has 0 spiro atoms. The third-order valence-electron chi connectivity index (χ3n) is 2.13. The second kappa shape index (κ2) is 4.92. The van der Waals surface area contributed by atoms with E-state index in [1.165, 1.54) is 11.3 Å². The Morgan fingerprint density at radius 3 is 2.61 bits per heavy atom. The molecule has 2 rings (SSSR count). The molecule has 0 aromatic carbocycles. The Hall–Kier alpha value is -1.03. The number of aromatic nitrogens is 2. The Kier molecular flexibility index (Phi) is 3.66. The van der Waals surface area contributed by atoms with E-state index in [9.17, 15) is 13.2 Å². The van der Waals surface area contributed by atoms with Crippen LogP contribution in [0.3, 0.4) is 0 Å². The molecule has 0 atom stereocenters. The molecule has 9 heteroatoms. The topological polar surface area (TPSA) is 91.9 Å². The minimum absolute atomic E-state index is 0.0359. The van der Waals surface area contributed by atoms with E-state index in [0.29, 0.717) is 17.0 Å². The lowest BCUT2D eigenvalue weighted by Gasteiger charge is -2.03. The van der Waals surface area contributed by atoms with E-state index in [2.05, 4.69) is 14.7 Å². The zero-order chi connectivity index (χ0) is 13.3. The van der Waals surface area contributed by atoms with Crippen molar-refractivity contribution >= 4 is 32.7 Å². The van der Waals surface area contributed by atoms with Crippen LogP contribution in [0.5, 0.6) is 0 Å². The van der Waals surface area contributed by atoms with Crippen LogP contribution in [-0.4, -0.2) is 18.4 Å². The molecule has 2 aromatic rings. The summed E-state index contributed by atoms with van der Waals surface area (Å²) in [7, 11) is -3.64. The van der Waals surface area contributed by atoms with Crippen LogP contribution in [0.4, 0.5) is 0 Å². The highest BCUT2D eigenvalue weighted by atomic mass is 32.2. The van der Waals surface area contributed by atoms with Gasteiger partial charge >= 0.3 is 4.87 Å². The summed E-state index contributed by atoms with van der Waals surface area (Å²) in [5.74, 6) is 0. The summed E-state index contributed by atoms with van der Waals surface area (Å²) in [6.45, 7) is 3.59. The van der Waals surface area contributed by atoms with Crippen LogP contribution >= 0.6 is 22.7 Å². The molecule has 0 saturated heterocycles. The third-order valence-corrected chi connectivity index (χ3v) is 6.05. The first-order chi connectivity index (χ1) is 8.38. The maximum Gasteiger partial charge on any atom is 0.305 e. The number of nitrogens with zero attached hydrogens (tertiary/aromatic N) is 1. The molecule has 0 aliphatic carbocycles. The Morgan fingerprint density at radius 2 is 2.11 bits per heavy atom. The van der Waals surface area contributed by atoms with Gasteiger partial charge in [-0.15, -0.1) is 11.3 Å². The molecule has 0 bridgehead atoms. The standard InChI is InChI=1S/C9H11N3O3S3/c1-5-8(17-9(13)12-5)18(14,15)11-4-7-3-10-6(2)16-7/h3,11H,4H2,1-2H3,(H,12,13). The summed E-state index contributed by atoms with van der Waals surface area (Å²) in [5.41, 5.74) is 0.359. The Labute approximate surface area is 112 Å². The summed E-state index contributed by atoms with van der Waals surface area (Å²) >= 11 is 2.12. The first kappa shape index (κ1) is 13.4. The van der Waals surface area contributed by atoms with Gasteiger partial charge in [0, 0.05) is 23.3 Å². The molecule has 0 amide bonds. The summed E-state index contributed by atoms with van der Waals surface area (Å²) < 4.78 is 26.4. The van der Waals surface area contributed by atoms with E-state index in [1.54, 1.807) is 13.1 Å². The molecule has 0 aliphatic rings. The normalized spacial score (nSPS) is 11.9. The van der Waals surface area contributed by atoms with Crippen LogP contribution in [0.2, 0.25) is 0 Å². The van der Waals surface area contributed by atoms with Gasteiger partial charge in [0.1, 0.15) is 0 Å². The van der Waals surface area contributed by atoms with Crippen molar-refractivity contribution in [3.63, 3.8) is 0 Å². The number of nitrogens with one attached hydrogen (secondary N) is 2. The monoisotopic (exact) mass is 305 g/mol. The van der Waals surface area contributed by atoms with Crippen LogP contribution in [-0.2, 0) is 16.6 Å². The van der Waals surface area contributed by atoms with Crippen molar-refractivity contribution < 1.29 is 8.42 Å². The van der Waals surface area contributed by atoms with Gasteiger partial charge in [-0.05, 0) is 13.8 Å². The van der Waals surface area contributed by atoms with Gasteiger partial charge < -0.3 is 4.98 Å². The van der Waals surface area contributed by atoms with Gasteiger partial charge in [0.15, 0.2) is 4.21 Å². The van der Waals surface area contributed by atoms with Crippen LogP contribution in [0, 0.1) is 13.8 Å². The van der Waals surface area contributed by atoms with Crippen molar-refractivity contribution in [2.24, 2.45) is 0 Å². The molecule has 18 heavy (non-hydrogen) atoms. The lowest BCUT2D eigenvalue weighted by Crippen LogP contribution is -2.22. The number of rotatable bonds is 4. The van der Waals surface area contributed by atoms with Crippen molar-refractivity contribution in [3.05, 3.63) is 31.4 Å². The predicted molar refractivity (Wildman–Crippen MR) is 70.6 cm³/mol. The second-order valence-electron chi connectivity index (χ2n) is 3.60. The highest BCUT2D eigenvalue weighted by molar-refractivity contribution is 7.91. The number of sulfonamides is 1. The highest BCUT2D eigenvalue weighted by Crippen LogP contribution is 2.17. The van der Waals surface area contributed by atoms with Gasteiger partial charge in [-0.25, -0.2) is 18.1 Å².